The van der Waals surface area contributed by atoms with Gasteiger partial charge >= 0.3 is 0 Å². The van der Waals surface area contributed by atoms with E-state index < -0.39 is 0 Å². The summed E-state index contributed by atoms with van der Waals surface area (Å²) in [6, 6.07) is 39.9. The van der Waals surface area contributed by atoms with E-state index in [0.29, 0.717) is 5.92 Å². The molecule has 0 saturated heterocycles. The van der Waals surface area contributed by atoms with E-state index in [4.69, 9.17) is 4.74 Å². The highest BCUT2D eigenvalue weighted by molar-refractivity contribution is 6.09. The molecule has 0 amide bonds. The van der Waals surface area contributed by atoms with Crippen LogP contribution in [0.5, 0.6) is 11.5 Å². The van der Waals surface area contributed by atoms with E-state index in [1.165, 1.54) is 27.5 Å². The summed E-state index contributed by atoms with van der Waals surface area (Å²) in [6.45, 7) is 0. The van der Waals surface area contributed by atoms with Crippen LogP contribution in [0.4, 0.5) is 0 Å². The Hall–Kier alpha value is -4.89. The highest BCUT2D eigenvalue weighted by atomic mass is 16.5. The molecule has 2 aromatic heterocycles. The van der Waals surface area contributed by atoms with Crippen LogP contribution in [-0.2, 0) is 0 Å². The summed E-state index contributed by atoms with van der Waals surface area (Å²) in [6.07, 6.45) is 9.49. The van der Waals surface area contributed by atoms with Crippen LogP contribution in [-0.4, -0.2) is 9.55 Å². The molecule has 0 aliphatic heterocycles. The summed E-state index contributed by atoms with van der Waals surface area (Å²) in [4.78, 5) is 4.64. The monoisotopic (exact) mass is 490 g/mol. The van der Waals surface area contributed by atoms with Gasteiger partial charge in [0.25, 0.3) is 0 Å². The van der Waals surface area contributed by atoms with Gasteiger partial charge < -0.3 is 4.74 Å². The number of hydrogen-bond acceptors (Lipinski definition) is 2. The van der Waals surface area contributed by atoms with Gasteiger partial charge in [-0.25, -0.2) is 4.98 Å². The minimum absolute atomic E-state index is 0.313. The number of para-hydroxylation sites is 1. The first kappa shape index (κ1) is 22.3. The van der Waals surface area contributed by atoms with E-state index >= 15 is 0 Å². The van der Waals surface area contributed by atoms with Gasteiger partial charge in [0.05, 0.1) is 11.0 Å². The Morgan fingerprint density at radius 1 is 0.684 bits per heavy atom. The van der Waals surface area contributed by atoms with E-state index in [-0.39, 0.29) is 0 Å². The molecule has 3 heteroatoms. The molecule has 0 N–H and O–H groups in total. The molecule has 4 aromatic carbocycles. The second kappa shape index (κ2) is 9.53. The molecule has 6 aromatic rings. The van der Waals surface area contributed by atoms with Crippen LogP contribution in [0.25, 0.3) is 33.2 Å². The minimum Gasteiger partial charge on any atom is -0.457 e. The van der Waals surface area contributed by atoms with E-state index in [9.17, 15) is 0 Å². The standard InChI is InChI=1S/C35H26N2O/c1-2-10-25(11-3-1)26-12-8-13-27(22-26)28-14-9-15-29(23-28)38-30-19-20-32-31-16-4-5-17-33(31)37(34(32)24-30)35-18-6-7-21-36-35/h1-21,23-24,27H,22H2. The maximum atomic E-state index is 6.44. The molecule has 38 heavy (non-hydrogen) atoms. The fourth-order valence-electron chi connectivity index (χ4n) is 5.47. The Labute approximate surface area is 222 Å². The van der Waals surface area contributed by atoms with Crippen molar-refractivity contribution in [2.24, 2.45) is 0 Å². The molecule has 0 fully saturated rings. The lowest BCUT2D eigenvalue weighted by molar-refractivity contribution is 0.482. The van der Waals surface area contributed by atoms with Gasteiger partial charge in [0.1, 0.15) is 17.3 Å². The summed E-state index contributed by atoms with van der Waals surface area (Å²) in [5, 5.41) is 2.38. The van der Waals surface area contributed by atoms with Crippen molar-refractivity contribution in [1.82, 2.24) is 9.55 Å². The van der Waals surface area contributed by atoms with Crippen molar-refractivity contribution in [1.29, 1.82) is 0 Å². The minimum atomic E-state index is 0.313. The fourth-order valence-corrected chi connectivity index (χ4v) is 5.47. The Morgan fingerprint density at radius 2 is 1.50 bits per heavy atom. The smallest absolute Gasteiger partial charge is 0.137 e. The molecule has 3 nitrogen and oxygen atoms in total. The number of pyridine rings is 1. The van der Waals surface area contributed by atoms with E-state index in [0.717, 1.165) is 34.8 Å². The first-order valence-corrected chi connectivity index (χ1v) is 13.0. The molecule has 7 rings (SSSR count). The largest absolute Gasteiger partial charge is 0.457 e. The van der Waals surface area contributed by atoms with Crippen molar-refractivity contribution in [3.63, 3.8) is 0 Å². The number of aromatic nitrogens is 2. The number of hydrogen-bond donors (Lipinski definition) is 0. The molecule has 1 aliphatic rings. The fraction of sp³-hybridized carbons (Fsp3) is 0.0571. The van der Waals surface area contributed by atoms with Gasteiger partial charge in [-0.05, 0) is 65.6 Å². The van der Waals surface area contributed by atoms with Crippen molar-refractivity contribution in [2.75, 3.05) is 0 Å². The average molecular weight is 491 g/mol. The number of nitrogens with zero attached hydrogens (tertiary/aromatic N) is 2. The molecule has 2 heterocycles. The summed E-state index contributed by atoms with van der Waals surface area (Å²) in [5.41, 5.74) is 6.10. The topological polar surface area (TPSA) is 27.1 Å². The SMILES string of the molecule is C1=CC(c2cccc(Oc3ccc4c5ccccc5n(-c5ccccn5)c4c3)c2)CC(c2ccccc2)=C1. The van der Waals surface area contributed by atoms with Crippen LogP contribution < -0.4 is 4.74 Å². The lowest BCUT2D eigenvalue weighted by Gasteiger charge is -2.20. The Morgan fingerprint density at radius 3 is 2.39 bits per heavy atom. The second-order valence-electron chi connectivity index (χ2n) is 9.65. The molecule has 1 aliphatic carbocycles. The average Bonchev–Trinajstić information content (AvgIpc) is 3.32. The van der Waals surface area contributed by atoms with Crippen molar-refractivity contribution >= 4 is 27.4 Å². The van der Waals surface area contributed by atoms with E-state index in [2.05, 4.69) is 119 Å². The predicted molar refractivity (Wildman–Crippen MR) is 156 cm³/mol. The van der Waals surface area contributed by atoms with Crippen LogP contribution >= 0.6 is 0 Å². The van der Waals surface area contributed by atoms with Crippen LogP contribution in [0.1, 0.15) is 23.5 Å². The van der Waals surface area contributed by atoms with Crippen molar-refractivity contribution < 1.29 is 4.74 Å². The van der Waals surface area contributed by atoms with Gasteiger partial charge in [0.15, 0.2) is 0 Å². The van der Waals surface area contributed by atoms with Crippen LogP contribution in [0.3, 0.4) is 0 Å². The lowest BCUT2D eigenvalue weighted by Crippen LogP contribution is -2.01. The quantitative estimate of drug-likeness (QED) is 0.241. The molecule has 0 saturated carbocycles. The van der Waals surface area contributed by atoms with Crippen molar-refractivity contribution in [3.8, 4) is 17.3 Å². The lowest BCUT2D eigenvalue weighted by atomic mass is 9.85. The number of ether oxygens (including phenoxy) is 1. The third kappa shape index (κ3) is 4.08. The first-order valence-electron chi connectivity index (χ1n) is 13.0. The number of rotatable bonds is 5. The van der Waals surface area contributed by atoms with Gasteiger partial charge in [-0.2, -0.15) is 0 Å². The van der Waals surface area contributed by atoms with Gasteiger partial charge in [0, 0.05) is 29.0 Å². The maximum Gasteiger partial charge on any atom is 0.137 e. The van der Waals surface area contributed by atoms with Gasteiger partial charge in [-0.1, -0.05) is 85.0 Å². The van der Waals surface area contributed by atoms with Crippen LogP contribution in [0, 0.1) is 0 Å². The van der Waals surface area contributed by atoms with Crippen molar-refractivity contribution in [3.05, 3.63) is 151 Å². The summed E-state index contributed by atoms with van der Waals surface area (Å²) in [5.74, 6) is 2.85. The first-order chi connectivity index (χ1) is 18.8. The Kier molecular flexibility index (Phi) is 5.60. The van der Waals surface area contributed by atoms with Gasteiger partial charge in [-0.3, -0.25) is 4.57 Å². The maximum absolute atomic E-state index is 6.44. The molecule has 0 spiro atoms. The molecule has 1 unspecified atom stereocenters. The zero-order valence-corrected chi connectivity index (χ0v) is 20.9. The molecule has 0 bridgehead atoms. The van der Waals surface area contributed by atoms with E-state index in [1.807, 2.05) is 30.5 Å². The molecular weight excluding hydrogens is 464 g/mol. The zero-order chi connectivity index (χ0) is 25.3. The zero-order valence-electron chi connectivity index (χ0n) is 20.9. The molecule has 0 radical (unpaired) electrons. The molecule has 182 valence electrons. The number of fused-ring (bicyclic) bond motifs is 3. The second-order valence-corrected chi connectivity index (χ2v) is 9.65. The van der Waals surface area contributed by atoms with Crippen molar-refractivity contribution in [2.45, 2.75) is 12.3 Å². The van der Waals surface area contributed by atoms with Gasteiger partial charge in [0.2, 0.25) is 0 Å². The van der Waals surface area contributed by atoms with Crippen LogP contribution in [0.2, 0.25) is 0 Å². The highest BCUT2D eigenvalue weighted by Crippen LogP contribution is 2.37. The van der Waals surface area contributed by atoms with E-state index in [1.54, 1.807) is 0 Å². The molecule has 1 atom stereocenters. The highest BCUT2D eigenvalue weighted by Gasteiger charge is 2.17. The summed E-state index contributed by atoms with van der Waals surface area (Å²) in [7, 11) is 0. The summed E-state index contributed by atoms with van der Waals surface area (Å²) < 4.78 is 8.65. The number of allylic oxidation sites excluding steroid dienone is 4. The van der Waals surface area contributed by atoms with Gasteiger partial charge in [-0.15, -0.1) is 0 Å². The third-order valence-corrected chi connectivity index (χ3v) is 7.27. The Balaban J connectivity index is 1.22. The van der Waals surface area contributed by atoms with Crippen LogP contribution in [0.15, 0.2) is 140 Å². The summed E-state index contributed by atoms with van der Waals surface area (Å²) >= 11 is 0. The third-order valence-electron chi connectivity index (χ3n) is 7.27. The predicted octanol–water partition coefficient (Wildman–Crippen LogP) is 9.10. The molecular formula is C35H26N2O. The number of benzene rings is 4. The normalized spacial score (nSPS) is 15.1. The Bertz CT molecular complexity index is 1810.